The fraction of sp³-hybridized carbons (Fsp3) is 0.417. The second-order valence-electron chi connectivity index (χ2n) is 8.89. The molecule has 32 heavy (non-hydrogen) atoms. The van der Waals surface area contributed by atoms with Gasteiger partial charge in [-0.25, -0.2) is 9.18 Å². The Balaban J connectivity index is 1.51. The first-order chi connectivity index (χ1) is 15.2. The highest BCUT2D eigenvalue weighted by Crippen LogP contribution is 2.31. The van der Waals surface area contributed by atoms with Crippen LogP contribution in [-0.4, -0.2) is 75.6 Å². The van der Waals surface area contributed by atoms with Gasteiger partial charge in [-0.1, -0.05) is 0 Å². The zero-order chi connectivity index (χ0) is 23.0. The normalized spacial score (nSPS) is 18.2. The van der Waals surface area contributed by atoms with Gasteiger partial charge >= 0.3 is 6.03 Å². The van der Waals surface area contributed by atoms with Gasteiger partial charge < -0.3 is 24.9 Å². The first-order valence-electron chi connectivity index (χ1n) is 10.9. The van der Waals surface area contributed by atoms with Gasteiger partial charge in [0.05, 0.1) is 5.69 Å². The van der Waals surface area contributed by atoms with Gasteiger partial charge in [0.1, 0.15) is 5.82 Å². The van der Waals surface area contributed by atoms with Crippen LogP contribution in [0.2, 0.25) is 0 Å². The Bertz CT molecular complexity index is 1040. The molecule has 0 aliphatic carbocycles. The monoisotopic (exact) mass is 439 g/mol. The first kappa shape index (κ1) is 22.1. The van der Waals surface area contributed by atoms with Crippen molar-refractivity contribution < 1.29 is 14.0 Å². The van der Waals surface area contributed by atoms with Crippen LogP contribution in [0.15, 0.2) is 36.4 Å². The molecule has 0 bridgehead atoms. The summed E-state index contributed by atoms with van der Waals surface area (Å²) in [4.78, 5) is 32.3. The van der Waals surface area contributed by atoms with Crippen molar-refractivity contribution in [3.63, 3.8) is 0 Å². The van der Waals surface area contributed by atoms with Crippen LogP contribution < -0.4 is 15.1 Å². The number of halogens is 1. The zero-order valence-corrected chi connectivity index (χ0v) is 19.1. The predicted molar refractivity (Wildman–Crippen MR) is 125 cm³/mol. The van der Waals surface area contributed by atoms with Crippen molar-refractivity contribution in [2.24, 2.45) is 0 Å². The van der Waals surface area contributed by atoms with Crippen molar-refractivity contribution >= 4 is 29.0 Å². The van der Waals surface area contributed by atoms with Crippen molar-refractivity contribution in [1.29, 1.82) is 0 Å². The second-order valence-corrected chi connectivity index (χ2v) is 8.89. The minimum absolute atomic E-state index is 0.155. The number of carbonyl (C=O) groups is 2. The zero-order valence-electron chi connectivity index (χ0n) is 19.1. The number of anilines is 3. The Hall–Kier alpha value is -3.13. The molecule has 0 saturated carbocycles. The van der Waals surface area contributed by atoms with Crippen LogP contribution in [0.3, 0.4) is 0 Å². The molecule has 2 aromatic rings. The number of fused-ring (bicyclic) bond motifs is 1. The van der Waals surface area contributed by atoms with Crippen LogP contribution in [0, 0.1) is 5.82 Å². The number of carbonyl (C=O) groups excluding carboxylic acids is 2. The topological polar surface area (TPSA) is 59.1 Å². The van der Waals surface area contributed by atoms with Crippen LogP contribution in [0.5, 0.6) is 0 Å². The van der Waals surface area contributed by atoms with E-state index in [-0.39, 0.29) is 17.8 Å². The standard InChI is InChI=1S/C24H30FN5O2/c1-27(2)19-10-11-29(15-19)22-8-6-18(14-21(22)25)30-12-9-16-13-17(26-24(32)28(3)4)5-7-20(16)23(30)31/h5-8,13-14,19H,9-12,15H2,1-4H3,(H,26,32)/t19-/m1/s1. The van der Waals surface area contributed by atoms with Crippen molar-refractivity contribution in [3.8, 4) is 0 Å². The van der Waals surface area contributed by atoms with Crippen LogP contribution in [0.1, 0.15) is 22.3 Å². The van der Waals surface area contributed by atoms with Gasteiger partial charge in [0.15, 0.2) is 0 Å². The van der Waals surface area contributed by atoms with E-state index in [2.05, 4.69) is 15.1 Å². The average Bonchev–Trinajstić information content (AvgIpc) is 3.24. The predicted octanol–water partition coefficient (Wildman–Crippen LogP) is 3.26. The molecule has 1 fully saturated rings. The molecule has 8 heteroatoms. The number of nitrogens with one attached hydrogen (secondary N) is 1. The maximum absolute atomic E-state index is 15.0. The van der Waals surface area contributed by atoms with Gasteiger partial charge in [-0.2, -0.15) is 0 Å². The van der Waals surface area contributed by atoms with Gasteiger partial charge in [0.2, 0.25) is 0 Å². The first-order valence-corrected chi connectivity index (χ1v) is 10.9. The summed E-state index contributed by atoms with van der Waals surface area (Å²) in [7, 11) is 7.44. The largest absolute Gasteiger partial charge is 0.368 e. The number of hydrogen-bond acceptors (Lipinski definition) is 4. The fourth-order valence-corrected chi connectivity index (χ4v) is 4.35. The SMILES string of the molecule is CN(C)C(=O)Nc1ccc2c(c1)CCN(c1ccc(N3CC[C@@H](N(C)C)C3)c(F)c1)C2=O. The molecule has 3 amide bonds. The lowest BCUT2D eigenvalue weighted by Gasteiger charge is -2.30. The maximum atomic E-state index is 15.0. The van der Waals surface area contributed by atoms with Crippen LogP contribution in [0.4, 0.5) is 26.2 Å². The van der Waals surface area contributed by atoms with E-state index in [4.69, 9.17) is 0 Å². The second kappa shape index (κ2) is 8.78. The maximum Gasteiger partial charge on any atom is 0.321 e. The molecule has 2 aliphatic heterocycles. The number of hydrogen-bond donors (Lipinski definition) is 1. The molecule has 2 heterocycles. The Morgan fingerprint density at radius 3 is 2.53 bits per heavy atom. The average molecular weight is 440 g/mol. The fourth-order valence-electron chi connectivity index (χ4n) is 4.35. The summed E-state index contributed by atoms with van der Waals surface area (Å²) in [6, 6.07) is 10.6. The number of urea groups is 1. The molecule has 1 atom stereocenters. The van der Waals surface area contributed by atoms with Crippen molar-refractivity contribution in [2.45, 2.75) is 18.9 Å². The Morgan fingerprint density at radius 1 is 1.09 bits per heavy atom. The van der Waals surface area contributed by atoms with E-state index in [1.165, 1.54) is 11.0 Å². The minimum Gasteiger partial charge on any atom is -0.368 e. The van der Waals surface area contributed by atoms with Gasteiger partial charge in [-0.05, 0) is 68.9 Å². The lowest BCUT2D eigenvalue weighted by Crippen LogP contribution is -2.38. The van der Waals surface area contributed by atoms with Gasteiger partial charge in [-0.3, -0.25) is 4.79 Å². The molecule has 0 spiro atoms. The molecule has 0 aromatic heterocycles. The molecular weight excluding hydrogens is 409 g/mol. The minimum atomic E-state index is -0.303. The third kappa shape index (κ3) is 4.27. The summed E-state index contributed by atoms with van der Waals surface area (Å²) in [5.74, 6) is -0.458. The van der Waals surface area contributed by atoms with E-state index >= 15 is 4.39 Å². The lowest BCUT2D eigenvalue weighted by molar-refractivity contribution is 0.0980. The summed E-state index contributed by atoms with van der Waals surface area (Å²) in [5, 5.41) is 2.80. The highest BCUT2D eigenvalue weighted by atomic mass is 19.1. The molecular formula is C24H30FN5O2. The number of amides is 3. The number of likely N-dealkylation sites (N-methyl/N-ethyl adjacent to an activating group) is 1. The van der Waals surface area contributed by atoms with Gasteiger partial charge in [0.25, 0.3) is 5.91 Å². The number of rotatable bonds is 4. The Morgan fingerprint density at radius 2 is 1.88 bits per heavy atom. The molecule has 2 aliphatic rings. The van der Waals surface area contributed by atoms with Crippen LogP contribution in [-0.2, 0) is 6.42 Å². The van der Waals surface area contributed by atoms with Crippen molar-refractivity contribution in [1.82, 2.24) is 9.80 Å². The molecule has 1 saturated heterocycles. The smallest absolute Gasteiger partial charge is 0.321 e. The molecule has 0 unspecified atom stereocenters. The van der Waals surface area contributed by atoms with Gasteiger partial charge in [0, 0.05) is 56.7 Å². The molecule has 4 rings (SSSR count). The highest BCUT2D eigenvalue weighted by Gasteiger charge is 2.29. The summed E-state index contributed by atoms with van der Waals surface area (Å²) < 4.78 is 15.0. The van der Waals surface area contributed by atoms with E-state index in [1.54, 1.807) is 37.2 Å². The lowest BCUT2D eigenvalue weighted by atomic mass is 9.97. The van der Waals surface area contributed by atoms with E-state index in [9.17, 15) is 9.59 Å². The molecule has 0 radical (unpaired) electrons. The molecule has 170 valence electrons. The van der Waals surface area contributed by atoms with Crippen molar-refractivity contribution in [3.05, 3.63) is 53.3 Å². The quantitative estimate of drug-likeness (QED) is 0.795. The third-order valence-electron chi connectivity index (χ3n) is 6.32. The van der Waals surface area contributed by atoms with E-state index < -0.39 is 0 Å². The highest BCUT2D eigenvalue weighted by molar-refractivity contribution is 6.08. The molecule has 2 aromatic carbocycles. The summed E-state index contributed by atoms with van der Waals surface area (Å²) in [6.07, 6.45) is 1.64. The summed E-state index contributed by atoms with van der Waals surface area (Å²) >= 11 is 0. The molecule has 1 N–H and O–H groups in total. The van der Waals surface area contributed by atoms with Crippen LogP contribution in [0.25, 0.3) is 0 Å². The third-order valence-corrected chi connectivity index (χ3v) is 6.32. The Labute approximate surface area is 188 Å². The van der Waals surface area contributed by atoms with E-state index in [1.807, 2.05) is 26.2 Å². The summed E-state index contributed by atoms with van der Waals surface area (Å²) in [5.41, 5.74) is 3.27. The van der Waals surface area contributed by atoms with E-state index in [0.29, 0.717) is 41.6 Å². The Kier molecular flexibility index (Phi) is 6.06. The number of nitrogens with zero attached hydrogens (tertiary/aromatic N) is 4. The van der Waals surface area contributed by atoms with Crippen LogP contribution >= 0.6 is 0 Å². The number of benzene rings is 2. The van der Waals surface area contributed by atoms with Gasteiger partial charge in [-0.15, -0.1) is 0 Å². The summed E-state index contributed by atoms with van der Waals surface area (Å²) in [6.45, 7) is 2.08. The van der Waals surface area contributed by atoms with Crippen molar-refractivity contribution in [2.75, 3.05) is 62.9 Å². The molecule has 7 nitrogen and oxygen atoms in total. The van der Waals surface area contributed by atoms with E-state index in [0.717, 1.165) is 25.1 Å².